The minimum atomic E-state index is -1.20. The van der Waals surface area contributed by atoms with Crippen LogP contribution >= 0.6 is 0 Å². The molecule has 0 spiro atoms. The smallest absolute Gasteiger partial charge is 0.371 e. The van der Waals surface area contributed by atoms with Gasteiger partial charge in [0.15, 0.2) is 0 Å². The minimum Gasteiger partial charge on any atom is -0.475 e. The third kappa shape index (κ3) is 2.95. The van der Waals surface area contributed by atoms with Gasteiger partial charge in [0.25, 0.3) is 5.91 Å². The molecule has 2 aromatic heterocycles. The SMILES string of the molecule is O=C(O)c1ccc(CNC(=O)c2cccnc2F)o1. The van der Waals surface area contributed by atoms with Gasteiger partial charge in [-0.1, -0.05) is 0 Å². The van der Waals surface area contributed by atoms with Gasteiger partial charge >= 0.3 is 5.97 Å². The number of pyridine rings is 1. The molecule has 0 saturated carbocycles. The molecule has 0 atom stereocenters. The lowest BCUT2D eigenvalue weighted by molar-refractivity contribution is 0.0660. The fraction of sp³-hybridized carbons (Fsp3) is 0.0833. The molecule has 0 aliphatic rings. The van der Waals surface area contributed by atoms with E-state index in [4.69, 9.17) is 9.52 Å². The number of aromatic carboxylic acids is 1. The average molecular weight is 264 g/mol. The molecule has 0 aromatic carbocycles. The van der Waals surface area contributed by atoms with Crippen LogP contribution in [0.25, 0.3) is 0 Å². The number of amides is 1. The molecular weight excluding hydrogens is 255 g/mol. The van der Waals surface area contributed by atoms with Crippen LogP contribution in [0.3, 0.4) is 0 Å². The summed E-state index contributed by atoms with van der Waals surface area (Å²) in [6.07, 6.45) is 1.23. The van der Waals surface area contributed by atoms with E-state index in [0.717, 1.165) is 0 Å². The molecule has 19 heavy (non-hydrogen) atoms. The zero-order valence-corrected chi connectivity index (χ0v) is 9.59. The topological polar surface area (TPSA) is 92.4 Å². The number of carbonyl (C=O) groups excluding carboxylic acids is 1. The molecule has 2 heterocycles. The summed E-state index contributed by atoms with van der Waals surface area (Å²) < 4.78 is 18.1. The number of hydrogen-bond donors (Lipinski definition) is 2. The van der Waals surface area contributed by atoms with Crippen molar-refractivity contribution in [3.8, 4) is 0 Å². The quantitative estimate of drug-likeness (QED) is 0.815. The van der Waals surface area contributed by atoms with E-state index in [-0.39, 0.29) is 23.6 Å². The third-order valence-corrected chi connectivity index (χ3v) is 2.30. The fourth-order valence-electron chi connectivity index (χ4n) is 1.41. The zero-order valence-electron chi connectivity index (χ0n) is 9.59. The number of rotatable bonds is 4. The van der Waals surface area contributed by atoms with E-state index in [1.807, 2.05) is 0 Å². The summed E-state index contributed by atoms with van der Waals surface area (Å²) in [4.78, 5) is 25.6. The van der Waals surface area contributed by atoms with Crippen LogP contribution in [0.15, 0.2) is 34.9 Å². The Kier molecular flexibility index (Phi) is 3.56. The van der Waals surface area contributed by atoms with Gasteiger partial charge in [0.2, 0.25) is 11.7 Å². The number of nitrogens with zero attached hydrogens (tertiary/aromatic N) is 1. The zero-order chi connectivity index (χ0) is 13.8. The van der Waals surface area contributed by atoms with Crippen molar-refractivity contribution < 1.29 is 23.5 Å². The molecule has 1 amide bonds. The van der Waals surface area contributed by atoms with Crippen LogP contribution < -0.4 is 5.32 Å². The van der Waals surface area contributed by atoms with Gasteiger partial charge in [-0.2, -0.15) is 4.39 Å². The highest BCUT2D eigenvalue weighted by molar-refractivity contribution is 5.94. The van der Waals surface area contributed by atoms with Crippen LogP contribution in [0.1, 0.15) is 26.7 Å². The first-order chi connectivity index (χ1) is 9.08. The molecule has 98 valence electrons. The second-order valence-corrected chi connectivity index (χ2v) is 3.60. The molecule has 0 saturated heterocycles. The monoisotopic (exact) mass is 264 g/mol. The van der Waals surface area contributed by atoms with E-state index >= 15 is 0 Å². The Hall–Kier alpha value is -2.70. The maximum atomic E-state index is 13.2. The van der Waals surface area contributed by atoms with E-state index in [2.05, 4.69) is 10.3 Å². The Labute approximate surface area is 106 Å². The van der Waals surface area contributed by atoms with Crippen molar-refractivity contribution in [3.63, 3.8) is 0 Å². The maximum absolute atomic E-state index is 13.2. The Bertz CT molecular complexity index is 624. The summed E-state index contributed by atoms with van der Waals surface area (Å²) in [5.41, 5.74) is -0.187. The Morgan fingerprint density at radius 3 is 2.79 bits per heavy atom. The normalized spacial score (nSPS) is 10.2. The van der Waals surface area contributed by atoms with Crippen LogP contribution in [-0.4, -0.2) is 22.0 Å². The third-order valence-electron chi connectivity index (χ3n) is 2.30. The van der Waals surface area contributed by atoms with Crippen molar-refractivity contribution in [1.29, 1.82) is 0 Å². The molecule has 2 aromatic rings. The van der Waals surface area contributed by atoms with Crippen molar-refractivity contribution in [2.24, 2.45) is 0 Å². The Morgan fingerprint density at radius 2 is 2.16 bits per heavy atom. The van der Waals surface area contributed by atoms with Crippen molar-refractivity contribution >= 4 is 11.9 Å². The second kappa shape index (κ2) is 5.30. The highest BCUT2D eigenvalue weighted by Crippen LogP contribution is 2.08. The predicted molar refractivity (Wildman–Crippen MR) is 61.0 cm³/mol. The number of furan rings is 1. The summed E-state index contributed by atoms with van der Waals surface area (Å²) in [7, 11) is 0. The Morgan fingerprint density at radius 1 is 1.37 bits per heavy atom. The summed E-state index contributed by atoms with van der Waals surface area (Å²) in [5.74, 6) is -2.69. The molecule has 0 aliphatic carbocycles. The van der Waals surface area contributed by atoms with Crippen LogP contribution in [0.4, 0.5) is 4.39 Å². The van der Waals surface area contributed by atoms with Gasteiger partial charge in [-0.15, -0.1) is 0 Å². The minimum absolute atomic E-state index is 0.0412. The van der Waals surface area contributed by atoms with Gasteiger partial charge in [0.05, 0.1) is 12.1 Å². The van der Waals surface area contributed by atoms with E-state index in [1.54, 1.807) is 0 Å². The maximum Gasteiger partial charge on any atom is 0.371 e. The lowest BCUT2D eigenvalue weighted by atomic mass is 10.2. The van der Waals surface area contributed by atoms with Crippen molar-refractivity contribution in [1.82, 2.24) is 10.3 Å². The number of carboxylic acids is 1. The van der Waals surface area contributed by atoms with Gasteiger partial charge in [-0.3, -0.25) is 4.79 Å². The standard InChI is InChI=1S/C12H9FN2O4/c13-10-8(2-1-5-14-10)11(16)15-6-7-3-4-9(19-7)12(17)18/h1-5H,6H2,(H,15,16)(H,17,18). The van der Waals surface area contributed by atoms with Gasteiger partial charge < -0.3 is 14.8 Å². The largest absolute Gasteiger partial charge is 0.475 e. The predicted octanol–water partition coefficient (Wildman–Crippen LogP) is 1.44. The highest BCUT2D eigenvalue weighted by atomic mass is 19.1. The van der Waals surface area contributed by atoms with Crippen molar-refractivity contribution in [3.05, 3.63) is 53.5 Å². The van der Waals surface area contributed by atoms with Gasteiger partial charge in [-0.05, 0) is 24.3 Å². The molecule has 2 rings (SSSR count). The Balaban J connectivity index is 2.00. The summed E-state index contributed by atoms with van der Waals surface area (Å²) in [5, 5.41) is 11.1. The molecule has 0 fully saturated rings. The molecule has 2 N–H and O–H groups in total. The molecule has 6 nitrogen and oxygen atoms in total. The number of aromatic nitrogens is 1. The van der Waals surface area contributed by atoms with Gasteiger partial charge in [0.1, 0.15) is 5.76 Å². The number of hydrogen-bond acceptors (Lipinski definition) is 4. The van der Waals surface area contributed by atoms with Crippen molar-refractivity contribution in [2.75, 3.05) is 0 Å². The van der Waals surface area contributed by atoms with Crippen LogP contribution in [0, 0.1) is 5.95 Å². The van der Waals surface area contributed by atoms with Gasteiger partial charge in [-0.25, -0.2) is 9.78 Å². The van der Waals surface area contributed by atoms with Crippen LogP contribution in [-0.2, 0) is 6.54 Å². The van der Waals surface area contributed by atoms with Gasteiger partial charge in [0, 0.05) is 6.20 Å². The lowest BCUT2D eigenvalue weighted by Crippen LogP contribution is -2.23. The molecule has 0 aliphatic heterocycles. The summed E-state index contributed by atoms with van der Waals surface area (Å²) in [6, 6.07) is 5.42. The molecule has 7 heteroatoms. The average Bonchev–Trinajstić information content (AvgIpc) is 2.85. The van der Waals surface area contributed by atoms with Crippen molar-refractivity contribution in [2.45, 2.75) is 6.54 Å². The second-order valence-electron chi connectivity index (χ2n) is 3.60. The van der Waals surface area contributed by atoms with E-state index in [0.29, 0.717) is 0 Å². The summed E-state index contributed by atoms with van der Waals surface area (Å²) >= 11 is 0. The lowest BCUT2D eigenvalue weighted by Gasteiger charge is -2.03. The molecule has 0 bridgehead atoms. The number of carboxylic acid groups (broad SMARTS) is 1. The van der Waals surface area contributed by atoms with Crippen LogP contribution in [0.5, 0.6) is 0 Å². The van der Waals surface area contributed by atoms with E-state index < -0.39 is 17.8 Å². The molecular formula is C12H9FN2O4. The number of nitrogens with one attached hydrogen (secondary N) is 1. The molecule has 0 unspecified atom stereocenters. The number of carbonyl (C=O) groups is 2. The number of halogens is 1. The fourth-order valence-corrected chi connectivity index (χ4v) is 1.41. The van der Waals surface area contributed by atoms with Crippen LogP contribution in [0.2, 0.25) is 0 Å². The summed E-state index contributed by atoms with van der Waals surface area (Å²) in [6.45, 7) is -0.0412. The highest BCUT2D eigenvalue weighted by Gasteiger charge is 2.13. The van der Waals surface area contributed by atoms with E-state index in [9.17, 15) is 14.0 Å². The first-order valence-corrected chi connectivity index (χ1v) is 5.28. The first-order valence-electron chi connectivity index (χ1n) is 5.28. The van der Waals surface area contributed by atoms with E-state index in [1.165, 1.54) is 30.5 Å². The molecule has 0 radical (unpaired) electrons. The first kappa shape index (κ1) is 12.7.